The largest absolute Gasteiger partial charge is 0.483 e. The predicted molar refractivity (Wildman–Crippen MR) is 122 cm³/mol. The summed E-state index contributed by atoms with van der Waals surface area (Å²) in [7, 11) is 0. The van der Waals surface area contributed by atoms with Crippen LogP contribution in [0.1, 0.15) is 25.0 Å². The first-order valence-corrected chi connectivity index (χ1v) is 10.4. The summed E-state index contributed by atoms with van der Waals surface area (Å²) >= 11 is 6.59. The normalized spacial score (nSPS) is 15.3. The van der Waals surface area contributed by atoms with Gasteiger partial charge in [-0.05, 0) is 50.6 Å². The first-order valence-electron chi connectivity index (χ1n) is 9.20. The summed E-state index contributed by atoms with van der Waals surface area (Å²) in [6, 6.07) is 14.9. The lowest BCUT2D eigenvalue weighted by molar-refractivity contribution is -0.123. The number of hydrogen-bond donors (Lipinski definition) is 1. The molecule has 0 aromatic heterocycles. The number of rotatable bonds is 6. The van der Waals surface area contributed by atoms with E-state index in [1.54, 1.807) is 17.0 Å². The monoisotopic (exact) mass is 426 g/mol. The molecule has 150 valence electrons. The van der Waals surface area contributed by atoms with E-state index in [-0.39, 0.29) is 24.5 Å². The standard InChI is InChI=1S/C22H22N2O3S2/c1-14(2)24-21(26)19(29-22(24)28)12-16-8-4-5-10-18(16)27-13-20(25)23-17-9-6-7-15(3)11-17/h4-12,14H,13H2,1-3H3,(H,23,25)/b19-12-. The molecule has 1 aliphatic rings. The molecular formula is C22H22N2O3S2. The Morgan fingerprint density at radius 2 is 2.00 bits per heavy atom. The molecule has 0 aliphatic carbocycles. The molecule has 2 aromatic carbocycles. The lowest BCUT2D eigenvalue weighted by atomic mass is 10.2. The number of nitrogens with one attached hydrogen (secondary N) is 1. The van der Waals surface area contributed by atoms with Gasteiger partial charge in [0.15, 0.2) is 6.61 Å². The number of para-hydroxylation sites is 1. The van der Waals surface area contributed by atoms with Crippen LogP contribution in [0.4, 0.5) is 5.69 Å². The first-order chi connectivity index (χ1) is 13.8. The third-order valence-corrected chi connectivity index (χ3v) is 5.54. The third-order valence-electron chi connectivity index (χ3n) is 4.21. The topological polar surface area (TPSA) is 58.6 Å². The summed E-state index contributed by atoms with van der Waals surface area (Å²) in [6.07, 6.45) is 1.76. The van der Waals surface area contributed by atoms with Gasteiger partial charge in [0.1, 0.15) is 10.1 Å². The number of nitrogens with zero attached hydrogens (tertiary/aromatic N) is 1. The van der Waals surface area contributed by atoms with Crippen LogP contribution >= 0.6 is 24.0 Å². The van der Waals surface area contributed by atoms with Crippen molar-refractivity contribution in [3.8, 4) is 5.75 Å². The van der Waals surface area contributed by atoms with Gasteiger partial charge in [-0.3, -0.25) is 14.5 Å². The summed E-state index contributed by atoms with van der Waals surface area (Å²) in [5.41, 5.74) is 2.51. The van der Waals surface area contributed by atoms with E-state index in [1.165, 1.54) is 11.8 Å². The SMILES string of the molecule is Cc1cccc(NC(=O)COc2ccccc2/C=C2\SC(=S)N(C(C)C)C2=O)c1. The smallest absolute Gasteiger partial charge is 0.266 e. The van der Waals surface area contributed by atoms with Gasteiger partial charge in [-0.1, -0.05) is 54.3 Å². The molecule has 7 heteroatoms. The van der Waals surface area contributed by atoms with Gasteiger partial charge in [-0.2, -0.15) is 0 Å². The lowest BCUT2D eigenvalue weighted by Gasteiger charge is -2.18. The minimum Gasteiger partial charge on any atom is -0.483 e. The third kappa shape index (κ3) is 5.25. The van der Waals surface area contributed by atoms with E-state index in [0.717, 1.165) is 16.8 Å². The van der Waals surface area contributed by atoms with Gasteiger partial charge in [0.2, 0.25) is 0 Å². The fourth-order valence-electron chi connectivity index (χ4n) is 2.86. The molecule has 29 heavy (non-hydrogen) atoms. The summed E-state index contributed by atoms with van der Waals surface area (Å²) in [6.45, 7) is 5.69. The molecule has 3 rings (SSSR count). The van der Waals surface area contributed by atoms with Crippen molar-refractivity contribution in [2.24, 2.45) is 0 Å². The zero-order chi connectivity index (χ0) is 21.0. The summed E-state index contributed by atoms with van der Waals surface area (Å²) in [4.78, 5) is 27.0. The maximum Gasteiger partial charge on any atom is 0.266 e. The summed E-state index contributed by atoms with van der Waals surface area (Å²) in [5.74, 6) is 0.167. The lowest BCUT2D eigenvalue weighted by Crippen LogP contribution is -2.34. The van der Waals surface area contributed by atoms with E-state index in [2.05, 4.69) is 5.32 Å². The zero-order valence-electron chi connectivity index (χ0n) is 16.5. The van der Waals surface area contributed by atoms with Crippen LogP contribution in [0.2, 0.25) is 0 Å². The molecule has 2 aromatic rings. The van der Waals surface area contributed by atoms with Crippen molar-refractivity contribution in [3.05, 3.63) is 64.6 Å². The molecule has 0 unspecified atom stereocenters. The van der Waals surface area contributed by atoms with Crippen molar-refractivity contribution in [1.82, 2.24) is 4.90 Å². The number of thioether (sulfide) groups is 1. The number of aryl methyl sites for hydroxylation is 1. The van der Waals surface area contributed by atoms with Gasteiger partial charge in [0.05, 0.1) is 4.91 Å². The number of hydrogen-bond acceptors (Lipinski definition) is 5. The predicted octanol–water partition coefficient (Wildman–Crippen LogP) is 4.62. The maximum absolute atomic E-state index is 12.6. The van der Waals surface area contributed by atoms with Crippen LogP contribution in [0.25, 0.3) is 6.08 Å². The van der Waals surface area contributed by atoms with Crippen molar-refractivity contribution in [2.45, 2.75) is 26.8 Å². The number of ether oxygens (including phenoxy) is 1. The molecule has 1 fully saturated rings. The van der Waals surface area contributed by atoms with Crippen LogP contribution in [-0.4, -0.2) is 33.7 Å². The number of thiocarbonyl (C=S) groups is 1. The van der Waals surface area contributed by atoms with Crippen molar-refractivity contribution in [2.75, 3.05) is 11.9 Å². The van der Waals surface area contributed by atoms with Crippen LogP contribution in [0, 0.1) is 6.92 Å². The minimum absolute atomic E-state index is 0.00483. The first kappa shape index (κ1) is 21.1. The van der Waals surface area contributed by atoms with Crippen molar-refractivity contribution in [3.63, 3.8) is 0 Å². The molecule has 0 atom stereocenters. The number of amides is 2. The second-order valence-corrected chi connectivity index (χ2v) is 8.57. The molecule has 0 bridgehead atoms. The van der Waals surface area contributed by atoms with Gasteiger partial charge in [0.25, 0.3) is 11.8 Å². The zero-order valence-corrected chi connectivity index (χ0v) is 18.1. The van der Waals surface area contributed by atoms with E-state index in [1.807, 2.05) is 63.2 Å². The van der Waals surface area contributed by atoms with Crippen LogP contribution in [0.3, 0.4) is 0 Å². The van der Waals surface area contributed by atoms with Crippen LogP contribution in [-0.2, 0) is 9.59 Å². The average molecular weight is 427 g/mol. The van der Waals surface area contributed by atoms with E-state index in [4.69, 9.17) is 17.0 Å². The van der Waals surface area contributed by atoms with E-state index in [9.17, 15) is 9.59 Å². The molecule has 5 nitrogen and oxygen atoms in total. The fraction of sp³-hybridized carbons (Fsp3) is 0.227. The van der Waals surface area contributed by atoms with Gasteiger partial charge in [0, 0.05) is 17.3 Å². The second-order valence-electron chi connectivity index (χ2n) is 6.89. The fourth-order valence-corrected chi connectivity index (χ4v) is 4.38. The molecule has 0 radical (unpaired) electrons. The van der Waals surface area contributed by atoms with E-state index < -0.39 is 0 Å². The molecule has 1 N–H and O–H groups in total. The number of carbonyl (C=O) groups excluding carboxylic acids is 2. The quantitative estimate of drug-likeness (QED) is 0.539. The number of anilines is 1. The molecule has 0 spiro atoms. The summed E-state index contributed by atoms with van der Waals surface area (Å²) in [5, 5.41) is 2.82. The highest BCUT2D eigenvalue weighted by Gasteiger charge is 2.33. The Bertz CT molecular complexity index is 986. The maximum atomic E-state index is 12.6. The summed E-state index contributed by atoms with van der Waals surface area (Å²) < 4.78 is 6.27. The molecule has 1 saturated heterocycles. The Kier molecular flexibility index (Phi) is 6.71. The van der Waals surface area contributed by atoms with Gasteiger partial charge in [-0.15, -0.1) is 0 Å². The van der Waals surface area contributed by atoms with Crippen LogP contribution < -0.4 is 10.1 Å². The van der Waals surface area contributed by atoms with Crippen molar-refractivity contribution in [1.29, 1.82) is 0 Å². The van der Waals surface area contributed by atoms with Gasteiger partial charge >= 0.3 is 0 Å². The van der Waals surface area contributed by atoms with Gasteiger partial charge < -0.3 is 10.1 Å². The minimum atomic E-state index is -0.253. The van der Waals surface area contributed by atoms with Crippen LogP contribution in [0.15, 0.2) is 53.4 Å². The van der Waals surface area contributed by atoms with Crippen LogP contribution in [0.5, 0.6) is 5.75 Å². The highest BCUT2D eigenvalue weighted by Crippen LogP contribution is 2.35. The molecular weight excluding hydrogens is 404 g/mol. The van der Waals surface area contributed by atoms with Crippen molar-refractivity contribution >= 4 is 51.9 Å². The molecule has 2 amide bonds. The number of benzene rings is 2. The Labute approximate surface area is 180 Å². The average Bonchev–Trinajstić information content (AvgIpc) is 2.94. The molecule has 0 saturated carbocycles. The second kappa shape index (κ2) is 9.24. The Morgan fingerprint density at radius 3 is 2.69 bits per heavy atom. The highest BCUT2D eigenvalue weighted by atomic mass is 32.2. The Balaban J connectivity index is 1.70. The number of carbonyl (C=O) groups is 2. The van der Waals surface area contributed by atoms with E-state index >= 15 is 0 Å². The Morgan fingerprint density at radius 1 is 1.24 bits per heavy atom. The van der Waals surface area contributed by atoms with E-state index in [0.29, 0.717) is 15.0 Å². The Hall–Kier alpha value is -2.64. The highest BCUT2D eigenvalue weighted by molar-refractivity contribution is 8.26. The molecule has 1 aliphatic heterocycles. The molecule has 1 heterocycles. The van der Waals surface area contributed by atoms with Crippen molar-refractivity contribution < 1.29 is 14.3 Å². The van der Waals surface area contributed by atoms with Gasteiger partial charge in [-0.25, -0.2) is 0 Å².